The molecule has 7 nitrogen and oxygen atoms in total. The number of hydrogen-bond donors (Lipinski definition) is 1. The summed E-state index contributed by atoms with van der Waals surface area (Å²) in [5.74, 6) is 0.537. The van der Waals surface area contributed by atoms with Crippen LogP contribution in [-0.4, -0.2) is 35.9 Å². The molecule has 0 spiro atoms. The summed E-state index contributed by atoms with van der Waals surface area (Å²) in [6.07, 6.45) is 5.44. The number of rotatable bonds is 4. The van der Waals surface area contributed by atoms with Crippen molar-refractivity contribution in [3.05, 3.63) is 28.4 Å². The van der Waals surface area contributed by atoms with Gasteiger partial charge in [-0.2, -0.15) is 0 Å². The van der Waals surface area contributed by atoms with Crippen molar-refractivity contribution < 1.29 is 13.3 Å². The highest BCUT2D eigenvalue weighted by atomic mass is 32.2. The fraction of sp³-hybridized carbons (Fsp3) is 0.583. The fourth-order valence-electron chi connectivity index (χ4n) is 2.45. The Balaban J connectivity index is 2.01. The second-order valence-electron chi connectivity index (χ2n) is 5.12. The predicted octanol–water partition coefficient (Wildman–Crippen LogP) is 1.76. The highest BCUT2D eigenvalue weighted by Gasteiger charge is 2.28. The van der Waals surface area contributed by atoms with Crippen molar-refractivity contribution in [1.82, 2.24) is 4.98 Å². The summed E-state index contributed by atoms with van der Waals surface area (Å²) in [6.45, 7) is 0. The van der Waals surface area contributed by atoms with E-state index in [1.807, 2.05) is 0 Å². The Labute approximate surface area is 117 Å². The normalized spacial score (nSPS) is 23.2. The minimum absolute atomic E-state index is 0.0393. The molecule has 1 aliphatic carbocycles. The highest BCUT2D eigenvalue weighted by Crippen LogP contribution is 2.26. The van der Waals surface area contributed by atoms with E-state index in [-0.39, 0.29) is 17.0 Å². The number of nitrogens with one attached hydrogen (secondary N) is 1. The quantitative estimate of drug-likeness (QED) is 0.671. The van der Waals surface area contributed by atoms with Crippen LogP contribution >= 0.6 is 0 Å². The molecule has 1 N–H and O–H groups in total. The third-order valence-electron chi connectivity index (χ3n) is 3.54. The summed E-state index contributed by atoms with van der Waals surface area (Å²) in [6, 6.07) is 2.96. The molecule has 0 saturated heterocycles. The summed E-state index contributed by atoms with van der Waals surface area (Å²) < 4.78 is 23.2. The van der Waals surface area contributed by atoms with E-state index in [2.05, 4.69) is 10.3 Å². The van der Waals surface area contributed by atoms with Crippen molar-refractivity contribution in [1.29, 1.82) is 0 Å². The highest BCUT2D eigenvalue weighted by molar-refractivity contribution is 7.91. The molecule has 1 aromatic rings. The summed E-state index contributed by atoms with van der Waals surface area (Å²) in [5, 5.41) is 13.4. The van der Waals surface area contributed by atoms with Crippen molar-refractivity contribution in [3.8, 4) is 0 Å². The van der Waals surface area contributed by atoms with Crippen LogP contribution in [0.25, 0.3) is 0 Å². The zero-order valence-corrected chi connectivity index (χ0v) is 12.0. The van der Waals surface area contributed by atoms with E-state index in [1.54, 1.807) is 6.07 Å². The van der Waals surface area contributed by atoms with E-state index in [0.717, 1.165) is 12.8 Å². The van der Waals surface area contributed by atoms with E-state index in [0.29, 0.717) is 18.7 Å². The summed E-state index contributed by atoms with van der Waals surface area (Å²) in [5.41, 5.74) is -0.0618. The Morgan fingerprint density at radius 1 is 1.40 bits per heavy atom. The van der Waals surface area contributed by atoms with E-state index >= 15 is 0 Å². The molecule has 2 rings (SSSR count). The van der Waals surface area contributed by atoms with Gasteiger partial charge in [0.2, 0.25) is 0 Å². The second-order valence-corrected chi connectivity index (χ2v) is 7.44. The van der Waals surface area contributed by atoms with Crippen molar-refractivity contribution >= 4 is 21.3 Å². The van der Waals surface area contributed by atoms with E-state index in [4.69, 9.17) is 0 Å². The van der Waals surface area contributed by atoms with Gasteiger partial charge in [0.05, 0.1) is 10.2 Å². The predicted molar refractivity (Wildman–Crippen MR) is 75.4 cm³/mol. The van der Waals surface area contributed by atoms with Gasteiger partial charge in [-0.15, -0.1) is 0 Å². The maximum Gasteiger partial charge on any atom is 0.287 e. The van der Waals surface area contributed by atoms with Crippen LogP contribution < -0.4 is 5.32 Å². The summed E-state index contributed by atoms with van der Waals surface area (Å²) >= 11 is 0. The Bertz CT molecular complexity index is 585. The number of nitrogens with zero attached hydrogens (tertiary/aromatic N) is 2. The monoisotopic (exact) mass is 299 g/mol. The number of sulfone groups is 1. The third kappa shape index (κ3) is 3.66. The average Bonchev–Trinajstić information content (AvgIpc) is 2.38. The number of nitro groups is 1. The molecule has 20 heavy (non-hydrogen) atoms. The molecule has 0 radical (unpaired) electrons. The lowest BCUT2D eigenvalue weighted by atomic mass is 9.95. The van der Waals surface area contributed by atoms with Gasteiger partial charge in [-0.05, 0) is 25.3 Å². The van der Waals surface area contributed by atoms with Crippen LogP contribution in [-0.2, 0) is 9.84 Å². The van der Waals surface area contributed by atoms with Crippen molar-refractivity contribution in [3.63, 3.8) is 0 Å². The lowest BCUT2D eigenvalue weighted by molar-refractivity contribution is -0.385. The summed E-state index contributed by atoms with van der Waals surface area (Å²) in [4.78, 5) is 14.0. The molecule has 0 aliphatic heterocycles. The zero-order valence-electron chi connectivity index (χ0n) is 11.2. The molecule has 0 bridgehead atoms. The molecular weight excluding hydrogens is 282 g/mol. The zero-order chi connectivity index (χ0) is 14.8. The number of pyridine rings is 1. The molecule has 2 unspecified atom stereocenters. The number of hydrogen-bond acceptors (Lipinski definition) is 6. The first-order valence-corrected chi connectivity index (χ1v) is 8.37. The van der Waals surface area contributed by atoms with Gasteiger partial charge in [0.1, 0.15) is 21.9 Å². The number of aromatic nitrogens is 1. The molecule has 1 aromatic heterocycles. The minimum Gasteiger partial charge on any atom is -0.367 e. The smallest absolute Gasteiger partial charge is 0.287 e. The van der Waals surface area contributed by atoms with Crippen LogP contribution in [0.3, 0.4) is 0 Å². The minimum atomic E-state index is -3.02. The Morgan fingerprint density at radius 2 is 2.15 bits per heavy atom. The van der Waals surface area contributed by atoms with E-state index < -0.39 is 14.8 Å². The third-order valence-corrected chi connectivity index (χ3v) is 5.18. The van der Waals surface area contributed by atoms with E-state index in [1.165, 1.54) is 18.5 Å². The Kier molecular flexibility index (Phi) is 4.22. The van der Waals surface area contributed by atoms with Gasteiger partial charge in [0.15, 0.2) is 0 Å². The van der Waals surface area contributed by atoms with Gasteiger partial charge in [0.25, 0.3) is 5.69 Å². The van der Waals surface area contributed by atoms with Gasteiger partial charge in [-0.3, -0.25) is 10.1 Å². The summed E-state index contributed by atoms with van der Waals surface area (Å²) in [7, 11) is -3.02. The van der Waals surface area contributed by atoms with Gasteiger partial charge < -0.3 is 5.32 Å². The molecule has 1 aliphatic rings. The van der Waals surface area contributed by atoms with Crippen LogP contribution in [0.1, 0.15) is 25.7 Å². The molecule has 2 atom stereocenters. The first-order valence-electron chi connectivity index (χ1n) is 6.42. The lowest BCUT2D eigenvalue weighted by Crippen LogP contribution is -2.34. The van der Waals surface area contributed by atoms with Gasteiger partial charge in [0, 0.05) is 18.4 Å². The van der Waals surface area contributed by atoms with Gasteiger partial charge in [-0.1, -0.05) is 6.42 Å². The second kappa shape index (κ2) is 5.74. The van der Waals surface area contributed by atoms with Crippen LogP contribution in [0.5, 0.6) is 0 Å². The molecule has 8 heteroatoms. The molecule has 1 heterocycles. The van der Waals surface area contributed by atoms with Gasteiger partial charge >= 0.3 is 0 Å². The van der Waals surface area contributed by atoms with Crippen LogP contribution in [0.15, 0.2) is 18.3 Å². The standard InChI is InChI=1S/C12H17N3O4S/c1-20(18,19)11-4-2-3-9(7-11)14-12-6-5-10(8-13-12)15(16)17/h5-6,8-9,11H,2-4,7H2,1H3,(H,13,14). The fourth-order valence-corrected chi connectivity index (χ4v) is 3.63. The molecule has 0 aromatic carbocycles. The lowest BCUT2D eigenvalue weighted by Gasteiger charge is -2.28. The maximum atomic E-state index is 11.6. The molecule has 1 saturated carbocycles. The Morgan fingerprint density at radius 3 is 2.70 bits per heavy atom. The molecule has 0 amide bonds. The SMILES string of the molecule is CS(=O)(=O)C1CCCC(Nc2ccc([N+](=O)[O-])cn2)C1. The maximum absolute atomic E-state index is 11.6. The largest absolute Gasteiger partial charge is 0.367 e. The van der Waals surface area contributed by atoms with Crippen molar-refractivity contribution in [2.24, 2.45) is 0 Å². The van der Waals surface area contributed by atoms with Crippen molar-refractivity contribution in [2.75, 3.05) is 11.6 Å². The molecule has 110 valence electrons. The van der Waals surface area contributed by atoms with Crippen LogP contribution in [0.2, 0.25) is 0 Å². The van der Waals surface area contributed by atoms with Crippen LogP contribution in [0.4, 0.5) is 11.5 Å². The first kappa shape index (κ1) is 14.7. The van der Waals surface area contributed by atoms with Gasteiger partial charge in [-0.25, -0.2) is 13.4 Å². The topological polar surface area (TPSA) is 102 Å². The number of anilines is 1. The first-order chi connectivity index (χ1) is 9.36. The molecular formula is C12H17N3O4S. The van der Waals surface area contributed by atoms with E-state index in [9.17, 15) is 18.5 Å². The Hall–Kier alpha value is -1.70. The van der Waals surface area contributed by atoms with Crippen molar-refractivity contribution in [2.45, 2.75) is 37.0 Å². The van der Waals surface area contributed by atoms with Crippen LogP contribution in [0, 0.1) is 10.1 Å². The average molecular weight is 299 g/mol. The molecule has 1 fully saturated rings.